The van der Waals surface area contributed by atoms with Gasteiger partial charge >= 0.3 is 0 Å². The Hall–Kier alpha value is -1.77. The van der Waals surface area contributed by atoms with E-state index in [1.807, 2.05) is 30.3 Å². The molecule has 0 saturated heterocycles. The average Bonchev–Trinajstić information content (AvgIpc) is 3.08. The molecule has 2 bridgehead atoms. The molecule has 3 heteroatoms. The van der Waals surface area contributed by atoms with Crippen LogP contribution in [0.5, 0.6) is 0 Å². The summed E-state index contributed by atoms with van der Waals surface area (Å²) in [6.07, 6.45) is 5.65. The van der Waals surface area contributed by atoms with E-state index < -0.39 is 0 Å². The first-order chi connectivity index (χ1) is 9.79. The fourth-order valence-electron chi connectivity index (χ4n) is 4.17. The summed E-state index contributed by atoms with van der Waals surface area (Å²) in [4.78, 5) is 15.0. The van der Waals surface area contributed by atoms with Crippen molar-refractivity contribution < 1.29 is 0 Å². The third-order valence-electron chi connectivity index (χ3n) is 5.19. The normalized spacial score (nSPS) is 28.1. The number of fused-ring (bicyclic) bond motifs is 3. The minimum absolute atomic E-state index is 0.00135. The summed E-state index contributed by atoms with van der Waals surface area (Å²) in [5.41, 5.74) is -0.00135. The van der Waals surface area contributed by atoms with Crippen LogP contribution in [0.1, 0.15) is 25.7 Å². The van der Waals surface area contributed by atoms with E-state index in [4.69, 9.17) is 0 Å². The lowest BCUT2D eigenvalue weighted by Crippen LogP contribution is -2.21. The molecule has 0 amide bonds. The van der Waals surface area contributed by atoms with Crippen molar-refractivity contribution in [1.82, 2.24) is 4.98 Å². The van der Waals surface area contributed by atoms with Crippen LogP contribution < -0.4 is 10.9 Å². The van der Waals surface area contributed by atoms with E-state index in [1.165, 1.54) is 25.7 Å². The van der Waals surface area contributed by atoms with Gasteiger partial charge in [0.15, 0.2) is 0 Å². The van der Waals surface area contributed by atoms with Crippen molar-refractivity contribution in [2.75, 3.05) is 11.9 Å². The average molecular weight is 268 g/mol. The molecule has 2 N–H and O–H groups in total. The number of hydrogen-bond acceptors (Lipinski definition) is 2. The van der Waals surface area contributed by atoms with E-state index >= 15 is 0 Å². The smallest absolute Gasteiger partial charge is 0.257 e. The van der Waals surface area contributed by atoms with E-state index in [2.05, 4.69) is 10.3 Å². The Bertz CT molecular complexity index is 691. The maximum absolute atomic E-state index is 12.0. The minimum Gasteiger partial charge on any atom is -0.371 e. The summed E-state index contributed by atoms with van der Waals surface area (Å²) in [5, 5.41) is 5.22. The molecule has 2 saturated carbocycles. The molecular formula is C17H20N2O. The zero-order chi connectivity index (χ0) is 13.5. The molecule has 3 atom stereocenters. The first-order valence-corrected chi connectivity index (χ1v) is 7.65. The number of rotatable bonds is 3. The van der Waals surface area contributed by atoms with Gasteiger partial charge in [0.2, 0.25) is 0 Å². The van der Waals surface area contributed by atoms with Crippen molar-refractivity contribution in [2.45, 2.75) is 25.7 Å². The van der Waals surface area contributed by atoms with Crippen molar-refractivity contribution in [1.29, 1.82) is 0 Å². The summed E-state index contributed by atoms with van der Waals surface area (Å²) >= 11 is 0. The van der Waals surface area contributed by atoms with Gasteiger partial charge in [-0.3, -0.25) is 4.79 Å². The minimum atomic E-state index is -0.00135. The Balaban J connectivity index is 1.53. The van der Waals surface area contributed by atoms with Gasteiger partial charge in [0.1, 0.15) is 5.82 Å². The molecule has 1 heterocycles. The number of pyridine rings is 1. The molecule has 3 nitrogen and oxygen atoms in total. The fourth-order valence-corrected chi connectivity index (χ4v) is 4.17. The Morgan fingerprint density at radius 1 is 1.20 bits per heavy atom. The maximum Gasteiger partial charge on any atom is 0.257 e. The van der Waals surface area contributed by atoms with Gasteiger partial charge in [-0.05, 0) is 54.5 Å². The van der Waals surface area contributed by atoms with Crippen molar-refractivity contribution in [2.24, 2.45) is 17.8 Å². The highest BCUT2D eigenvalue weighted by Gasteiger charge is 2.39. The number of nitrogens with one attached hydrogen (secondary N) is 2. The van der Waals surface area contributed by atoms with Gasteiger partial charge in [-0.2, -0.15) is 0 Å². The van der Waals surface area contributed by atoms with Gasteiger partial charge in [-0.25, -0.2) is 0 Å². The van der Waals surface area contributed by atoms with E-state index in [1.54, 1.807) is 0 Å². The summed E-state index contributed by atoms with van der Waals surface area (Å²) in [6.45, 7) is 0.995. The van der Waals surface area contributed by atoms with Crippen LogP contribution in [0.3, 0.4) is 0 Å². The van der Waals surface area contributed by atoms with Gasteiger partial charge < -0.3 is 10.3 Å². The van der Waals surface area contributed by atoms with Gasteiger partial charge in [-0.15, -0.1) is 0 Å². The zero-order valence-corrected chi connectivity index (χ0v) is 11.6. The first kappa shape index (κ1) is 12.0. The first-order valence-electron chi connectivity index (χ1n) is 7.65. The lowest BCUT2D eigenvalue weighted by Gasteiger charge is -2.22. The topological polar surface area (TPSA) is 44.9 Å². The number of H-pyrrole nitrogens is 1. The molecule has 1 aromatic heterocycles. The van der Waals surface area contributed by atoms with Gasteiger partial charge in [-0.1, -0.05) is 24.6 Å². The van der Waals surface area contributed by atoms with Crippen molar-refractivity contribution in [3.05, 3.63) is 40.7 Å². The molecule has 0 spiro atoms. The van der Waals surface area contributed by atoms with Crippen LogP contribution in [0.15, 0.2) is 35.1 Å². The Morgan fingerprint density at radius 3 is 2.90 bits per heavy atom. The predicted octanol–water partition coefficient (Wildman–Crippen LogP) is 3.38. The highest BCUT2D eigenvalue weighted by molar-refractivity contribution is 5.83. The maximum atomic E-state index is 12.0. The molecule has 2 aromatic rings. The zero-order valence-electron chi connectivity index (χ0n) is 11.6. The number of aromatic amines is 1. The predicted molar refractivity (Wildman–Crippen MR) is 82.0 cm³/mol. The summed E-state index contributed by atoms with van der Waals surface area (Å²) in [7, 11) is 0. The molecule has 2 aliphatic rings. The molecule has 1 aromatic carbocycles. The highest BCUT2D eigenvalue weighted by Crippen LogP contribution is 2.48. The third-order valence-corrected chi connectivity index (χ3v) is 5.19. The van der Waals surface area contributed by atoms with E-state index in [9.17, 15) is 4.79 Å². The van der Waals surface area contributed by atoms with Gasteiger partial charge in [0.25, 0.3) is 5.56 Å². The van der Waals surface area contributed by atoms with Crippen molar-refractivity contribution in [3.63, 3.8) is 0 Å². The second-order valence-electron chi connectivity index (χ2n) is 6.42. The van der Waals surface area contributed by atoms with Gasteiger partial charge in [0, 0.05) is 11.9 Å². The van der Waals surface area contributed by atoms with Crippen LogP contribution in [0.2, 0.25) is 0 Å². The molecular weight excluding hydrogens is 248 g/mol. The number of benzene rings is 1. The lowest BCUT2D eigenvalue weighted by atomic mass is 9.89. The largest absolute Gasteiger partial charge is 0.371 e. The summed E-state index contributed by atoms with van der Waals surface area (Å²) in [6, 6.07) is 9.78. The third kappa shape index (κ3) is 2.01. The quantitative estimate of drug-likeness (QED) is 0.896. The van der Waals surface area contributed by atoms with Gasteiger partial charge in [0.05, 0.1) is 0 Å². The number of aromatic nitrogens is 1. The van der Waals surface area contributed by atoms with E-state index in [0.717, 1.165) is 40.9 Å². The van der Waals surface area contributed by atoms with Crippen LogP contribution >= 0.6 is 0 Å². The second kappa shape index (κ2) is 4.65. The summed E-state index contributed by atoms with van der Waals surface area (Å²) in [5.74, 6) is 3.54. The molecule has 0 aliphatic heterocycles. The van der Waals surface area contributed by atoms with E-state index in [0.29, 0.717) is 0 Å². The molecule has 104 valence electrons. The van der Waals surface area contributed by atoms with Crippen molar-refractivity contribution >= 4 is 16.6 Å². The van der Waals surface area contributed by atoms with Crippen LogP contribution in [0.4, 0.5) is 5.82 Å². The monoisotopic (exact) mass is 268 g/mol. The van der Waals surface area contributed by atoms with E-state index in [-0.39, 0.29) is 5.56 Å². The molecule has 2 aliphatic carbocycles. The second-order valence-corrected chi connectivity index (χ2v) is 6.42. The molecule has 0 radical (unpaired) electrons. The Kier molecular flexibility index (Phi) is 2.79. The Labute approximate surface area is 118 Å². The lowest BCUT2D eigenvalue weighted by molar-refractivity contribution is 0.348. The Morgan fingerprint density at radius 2 is 2.10 bits per heavy atom. The van der Waals surface area contributed by atoms with Crippen LogP contribution in [-0.4, -0.2) is 11.5 Å². The molecule has 20 heavy (non-hydrogen) atoms. The fraction of sp³-hybridized carbons (Fsp3) is 0.471. The number of hydrogen-bond donors (Lipinski definition) is 2. The SMILES string of the molecule is O=c1[nH]c(NCC2CC3CCC2C3)cc2ccccc12. The van der Waals surface area contributed by atoms with Crippen LogP contribution in [-0.2, 0) is 0 Å². The summed E-state index contributed by atoms with van der Waals surface area (Å²) < 4.78 is 0. The highest BCUT2D eigenvalue weighted by atomic mass is 16.1. The van der Waals surface area contributed by atoms with Crippen molar-refractivity contribution in [3.8, 4) is 0 Å². The standard InChI is InChI=1S/C17H20N2O/c20-17-15-4-2-1-3-13(15)9-16(19-17)18-10-14-8-11-5-6-12(14)7-11/h1-4,9,11-12,14H,5-8,10H2,(H2,18,19,20). The number of anilines is 1. The molecule has 3 unspecified atom stereocenters. The molecule has 4 rings (SSSR count). The van der Waals surface area contributed by atoms with Crippen LogP contribution in [0.25, 0.3) is 10.8 Å². The van der Waals surface area contributed by atoms with Crippen LogP contribution in [0, 0.1) is 17.8 Å². The molecule has 2 fully saturated rings.